The highest BCUT2D eigenvalue weighted by Gasteiger charge is 2.20. The molecule has 2 unspecified atom stereocenters. The molecule has 6 nitrogen and oxygen atoms in total. The van der Waals surface area contributed by atoms with E-state index < -0.39 is 12.1 Å². The Hall–Kier alpha value is -1.66. The van der Waals surface area contributed by atoms with Crippen molar-refractivity contribution in [2.24, 2.45) is 0 Å². The Morgan fingerprint density at radius 2 is 0.870 bits per heavy atom. The minimum atomic E-state index is -0.684. The third-order valence-electron chi connectivity index (χ3n) is 10.7. The molecule has 0 radical (unpaired) electrons. The summed E-state index contributed by atoms with van der Waals surface area (Å²) in [5, 5.41) is 23.1. The fourth-order valence-electron chi connectivity index (χ4n) is 7.04. The molecule has 0 saturated heterocycles. The molecule has 54 heavy (non-hydrogen) atoms. The van der Waals surface area contributed by atoms with E-state index in [0.717, 1.165) is 77.0 Å². The first-order valence-corrected chi connectivity index (χ1v) is 23.6. The van der Waals surface area contributed by atoms with Crippen LogP contribution >= 0.6 is 0 Å². The van der Waals surface area contributed by atoms with Gasteiger partial charge in [-0.3, -0.25) is 9.59 Å². The lowest BCUT2D eigenvalue weighted by molar-refractivity contribution is -0.143. The number of allylic oxidation sites excluding steroid dienone is 4. The van der Waals surface area contributed by atoms with Crippen molar-refractivity contribution < 1.29 is 24.5 Å². The molecule has 0 fully saturated rings. The molecule has 318 valence electrons. The Labute approximate surface area is 335 Å². The van der Waals surface area contributed by atoms with Crippen LogP contribution in [-0.4, -0.2) is 47.4 Å². The minimum Gasteiger partial charge on any atom is -0.466 e. The second-order valence-corrected chi connectivity index (χ2v) is 16.1. The van der Waals surface area contributed by atoms with Gasteiger partial charge in [0.2, 0.25) is 5.91 Å². The zero-order valence-corrected chi connectivity index (χ0v) is 36.0. The number of hydrogen-bond acceptors (Lipinski definition) is 5. The first-order chi connectivity index (χ1) is 26.5. The van der Waals surface area contributed by atoms with Gasteiger partial charge < -0.3 is 20.3 Å². The summed E-state index contributed by atoms with van der Waals surface area (Å²) in [6.45, 7) is 4.84. The molecular weight excluding hydrogens is 671 g/mol. The molecule has 0 heterocycles. The smallest absolute Gasteiger partial charge is 0.305 e. The van der Waals surface area contributed by atoms with Gasteiger partial charge in [-0.05, 0) is 77.0 Å². The highest BCUT2D eigenvalue weighted by atomic mass is 16.5. The fourth-order valence-corrected chi connectivity index (χ4v) is 7.04. The number of aliphatic hydroxyl groups excluding tert-OH is 2. The molecule has 0 aromatic rings. The standard InChI is InChI=1S/C48H91NO5/c1-3-5-7-9-11-13-15-17-18-19-21-26-30-34-38-42-48(53)54-43-39-35-31-27-23-22-25-29-33-37-41-47(52)49-45(44-50)46(51)40-36-32-28-24-20-16-14-12-10-8-6-4-2/h17-18,23,27,45-46,50-51H,3-16,19-22,24-26,28-44H2,1-2H3,(H,49,52)/b18-17-,27-23-. The maximum absolute atomic E-state index is 12.4. The zero-order chi connectivity index (χ0) is 39.4. The first kappa shape index (κ1) is 52.3. The van der Waals surface area contributed by atoms with Crippen LogP contribution < -0.4 is 5.32 Å². The highest BCUT2D eigenvalue weighted by molar-refractivity contribution is 5.76. The van der Waals surface area contributed by atoms with Gasteiger partial charge in [-0.15, -0.1) is 0 Å². The molecule has 0 aliphatic carbocycles. The van der Waals surface area contributed by atoms with E-state index in [0.29, 0.717) is 25.9 Å². The van der Waals surface area contributed by atoms with E-state index >= 15 is 0 Å². The number of nitrogens with one attached hydrogen (secondary N) is 1. The number of esters is 1. The molecule has 0 aromatic heterocycles. The Morgan fingerprint density at radius 3 is 1.31 bits per heavy atom. The lowest BCUT2D eigenvalue weighted by Gasteiger charge is -2.22. The van der Waals surface area contributed by atoms with E-state index in [-0.39, 0.29) is 18.5 Å². The van der Waals surface area contributed by atoms with Crippen LogP contribution in [0.4, 0.5) is 0 Å². The lowest BCUT2D eigenvalue weighted by Crippen LogP contribution is -2.45. The Bertz CT molecular complexity index is 843. The minimum absolute atomic E-state index is 0.0449. The van der Waals surface area contributed by atoms with Gasteiger partial charge in [-0.25, -0.2) is 0 Å². The van der Waals surface area contributed by atoms with Crippen molar-refractivity contribution in [2.75, 3.05) is 13.2 Å². The Balaban J connectivity index is 3.54. The van der Waals surface area contributed by atoms with Crippen LogP contribution in [0.15, 0.2) is 24.3 Å². The Kier molecular flexibility index (Phi) is 42.7. The topological polar surface area (TPSA) is 95.9 Å². The molecule has 0 saturated carbocycles. The molecule has 1 amide bonds. The molecule has 0 spiro atoms. The number of carbonyl (C=O) groups is 2. The SMILES string of the molecule is CCCCCCCC/C=C\CCCCCCCC(=O)OCCCC/C=C\CCCCCCC(=O)NC(CO)C(O)CCCCCCCCCCCCCC. The zero-order valence-electron chi connectivity index (χ0n) is 36.0. The third-order valence-corrected chi connectivity index (χ3v) is 10.7. The average Bonchev–Trinajstić information content (AvgIpc) is 3.17. The van der Waals surface area contributed by atoms with Crippen LogP contribution in [-0.2, 0) is 14.3 Å². The fraction of sp³-hybridized carbons (Fsp3) is 0.875. The summed E-state index contributed by atoms with van der Waals surface area (Å²) < 4.78 is 5.42. The normalized spacial score (nSPS) is 12.9. The van der Waals surface area contributed by atoms with E-state index in [4.69, 9.17) is 4.74 Å². The van der Waals surface area contributed by atoms with Crippen molar-refractivity contribution in [3.63, 3.8) is 0 Å². The maximum Gasteiger partial charge on any atom is 0.305 e. The molecule has 0 bridgehead atoms. The lowest BCUT2D eigenvalue weighted by atomic mass is 10.0. The van der Waals surface area contributed by atoms with E-state index in [9.17, 15) is 19.8 Å². The van der Waals surface area contributed by atoms with Crippen molar-refractivity contribution in [2.45, 2.75) is 257 Å². The molecular formula is C48H91NO5. The van der Waals surface area contributed by atoms with Gasteiger partial charge in [0.25, 0.3) is 0 Å². The van der Waals surface area contributed by atoms with Gasteiger partial charge in [-0.1, -0.05) is 179 Å². The van der Waals surface area contributed by atoms with E-state index in [1.165, 1.54) is 135 Å². The average molecular weight is 762 g/mol. The molecule has 0 aliphatic heterocycles. The predicted octanol–water partition coefficient (Wildman–Crippen LogP) is 13.6. The van der Waals surface area contributed by atoms with Gasteiger partial charge in [0.05, 0.1) is 25.4 Å². The van der Waals surface area contributed by atoms with E-state index in [1.807, 2.05) is 0 Å². The summed E-state index contributed by atoms with van der Waals surface area (Å²) >= 11 is 0. The number of carbonyl (C=O) groups excluding carboxylic acids is 2. The second kappa shape index (κ2) is 44.1. The quantitative estimate of drug-likeness (QED) is 0.0327. The van der Waals surface area contributed by atoms with Crippen LogP contribution in [0.1, 0.15) is 245 Å². The van der Waals surface area contributed by atoms with Crippen molar-refractivity contribution in [3.05, 3.63) is 24.3 Å². The van der Waals surface area contributed by atoms with E-state index in [2.05, 4.69) is 43.5 Å². The van der Waals surface area contributed by atoms with Crippen LogP contribution in [0.5, 0.6) is 0 Å². The third kappa shape index (κ3) is 40.0. The predicted molar refractivity (Wildman–Crippen MR) is 232 cm³/mol. The number of rotatable bonds is 43. The summed E-state index contributed by atoms with van der Waals surface area (Å²) in [7, 11) is 0. The van der Waals surface area contributed by atoms with Gasteiger partial charge in [-0.2, -0.15) is 0 Å². The number of amides is 1. The number of unbranched alkanes of at least 4 members (excludes halogenated alkanes) is 28. The summed E-state index contributed by atoms with van der Waals surface area (Å²) in [6.07, 6.45) is 49.9. The molecule has 2 atom stereocenters. The maximum atomic E-state index is 12.4. The number of ether oxygens (including phenoxy) is 1. The van der Waals surface area contributed by atoms with Gasteiger partial charge in [0, 0.05) is 12.8 Å². The molecule has 6 heteroatoms. The highest BCUT2D eigenvalue weighted by Crippen LogP contribution is 2.15. The van der Waals surface area contributed by atoms with Gasteiger partial charge in [0.15, 0.2) is 0 Å². The van der Waals surface area contributed by atoms with Crippen LogP contribution in [0.3, 0.4) is 0 Å². The Morgan fingerprint density at radius 1 is 0.500 bits per heavy atom. The van der Waals surface area contributed by atoms with Crippen molar-refractivity contribution >= 4 is 11.9 Å². The summed E-state index contributed by atoms with van der Waals surface area (Å²) in [5.41, 5.74) is 0. The number of aliphatic hydroxyl groups is 2. The largest absolute Gasteiger partial charge is 0.466 e. The van der Waals surface area contributed by atoms with E-state index in [1.54, 1.807) is 0 Å². The molecule has 3 N–H and O–H groups in total. The van der Waals surface area contributed by atoms with Crippen LogP contribution in [0.25, 0.3) is 0 Å². The van der Waals surface area contributed by atoms with Crippen LogP contribution in [0.2, 0.25) is 0 Å². The molecule has 0 aromatic carbocycles. The van der Waals surface area contributed by atoms with Crippen molar-refractivity contribution in [1.82, 2.24) is 5.32 Å². The van der Waals surface area contributed by atoms with Crippen LogP contribution in [0, 0.1) is 0 Å². The second-order valence-electron chi connectivity index (χ2n) is 16.1. The summed E-state index contributed by atoms with van der Waals surface area (Å²) in [5.74, 6) is -0.118. The van der Waals surface area contributed by atoms with Gasteiger partial charge >= 0.3 is 5.97 Å². The summed E-state index contributed by atoms with van der Waals surface area (Å²) in [6, 6.07) is -0.565. The van der Waals surface area contributed by atoms with Crippen molar-refractivity contribution in [1.29, 1.82) is 0 Å². The molecule has 0 rings (SSSR count). The first-order valence-electron chi connectivity index (χ1n) is 23.6. The molecule has 0 aliphatic rings. The van der Waals surface area contributed by atoms with Crippen molar-refractivity contribution in [3.8, 4) is 0 Å². The monoisotopic (exact) mass is 762 g/mol. The summed E-state index contributed by atoms with van der Waals surface area (Å²) in [4.78, 5) is 24.4. The van der Waals surface area contributed by atoms with Gasteiger partial charge in [0.1, 0.15) is 0 Å². The number of hydrogen-bond donors (Lipinski definition) is 3.